The van der Waals surface area contributed by atoms with Crippen LogP contribution in [0.15, 0.2) is 35.8 Å². The third-order valence-electron chi connectivity index (χ3n) is 1.07. The van der Waals surface area contributed by atoms with Crippen molar-refractivity contribution in [2.75, 3.05) is 0 Å². The molecule has 1 aliphatic rings. The first-order valence-corrected chi connectivity index (χ1v) is 2.66. The summed E-state index contributed by atoms with van der Waals surface area (Å²) in [4.78, 5) is 0. The highest BCUT2D eigenvalue weighted by Gasteiger charge is 2.03. The third kappa shape index (κ3) is 1.35. The molecule has 0 spiro atoms. The van der Waals surface area contributed by atoms with Crippen LogP contribution < -0.4 is 0 Å². The summed E-state index contributed by atoms with van der Waals surface area (Å²) in [5.41, 5.74) is 0.729. The Bertz CT molecular complexity index is 199. The molecule has 0 saturated carbocycles. The van der Waals surface area contributed by atoms with Crippen LogP contribution in [-0.4, -0.2) is 10.2 Å². The molecule has 0 heterocycles. The van der Waals surface area contributed by atoms with Gasteiger partial charge < -0.3 is 10.2 Å². The summed E-state index contributed by atoms with van der Waals surface area (Å²) in [6, 6.07) is 0. The lowest BCUT2D eigenvalue weighted by molar-refractivity contribution is 0.376. The van der Waals surface area contributed by atoms with Crippen molar-refractivity contribution in [3.63, 3.8) is 0 Å². The molecule has 0 atom stereocenters. The van der Waals surface area contributed by atoms with E-state index in [1.54, 1.807) is 0 Å². The highest BCUT2D eigenvalue weighted by molar-refractivity contribution is 5.32. The van der Waals surface area contributed by atoms with Crippen molar-refractivity contribution in [2.24, 2.45) is 0 Å². The predicted molar refractivity (Wildman–Crippen MR) is 35.2 cm³/mol. The topological polar surface area (TPSA) is 40.5 Å². The minimum atomic E-state index is 0.0729. The van der Waals surface area contributed by atoms with E-state index in [1.165, 1.54) is 12.2 Å². The Morgan fingerprint density at radius 3 is 2.44 bits per heavy atom. The monoisotopic (exact) mass is 124 g/mol. The predicted octanol–water partition coefficient (Wildman–Crippen LogP) is 1.83. The minimum Gasteiger partial charge on any atom is -0.512 e. The SMILES string of the molecule is C=C1C=C(O)C=C(O)C1. The molecule has 0 aromatic carbocycles. The van der Waals surface area contributed by atoms with Gasteiger partial charge in [-0.15, -0.1) is 0 Å². The van der Waals surface area contributed by atoms with Gasteiger partial charge in [0.15, 0.2) is 0 Å². The lowest BCUT2D eigenvalue weighted by Gasteiger charge is -2.05. The summed E-state index contributed by atoms with van der Waals surface area (Å²) in [5, 5.41) is 17.7. The van der Waals surface area contributed by atoms with Gasteiger partial charge in [0.25, 0.3) is 0 Å². The summed E-state index contributed by atoms with van der Waals surface area (Å²) in [6.07, 6.45) is 3.29. The number of rotatable bonds is 0. The Hall–Kier alpha value is -1.18. The standard InChI is InChI=1S/C7H8O2/c1-5-2-6(8)4-7(9)3-5/h2,4,8-9H,1,3H2. The van der Waals surface area contributed by atoms with Crippen molar-refractivity contribution in [3.8, 4) is 0 Å². The molecule has 2 N–H and O–H groups in total. The van der Waals surface area contributed by atoms with Crippen molar-refractivity contribution in [1.29, 1.82) is 0 Å². The van der Waals surface area contributed by atoms with E-state index in [-0.39, 0.29) is 11.5 Å². The third-order valence-corrected chi connectivity index (χ3v) is 1.07. The van der Waals surface area contributed by atoms with Crippen molar-refractivity contribution >= 4 is 0 Å². The summed E-state index contributed by atoms with van der Waals surface area (Å²) in [6.45, 7) is 3.58. The van der Waals surface area contributed by atoms with Gasteiger partial charge in [-0.1, -0.05) is 6.58 Å². The summed E-state index contributed by atoms with van der Waals surface area (Å²) < 4.78 is 0. The molecule has 48 valence electrons. The van der Waals surface area contributed by atoms with E-state index < -0.39 is 0 Å². The number of aliphatic hydroxyl groups excluding tert-OH is 2. The zero-order chi connectivity index (χ0) is 6.85. The summed E-state index contributed by atoms with van der Waals surface area (Å²) >= 11 is 0. The van der Waals surface area contributed by atoms with Gasteiger partial charge >= 0.3 is 0 Å². The first kappa shape index (κ1) is 5.95. The normalized spacial score (nSPS) is 18.9. The van der Waals surface area contributed by atoms with Crippen LogP contribution >= 0.6 is 0 Å². The molecule has 2 heteroatoms. The molecular weight excluding hydrogens is 116 g/mol. The van der Waals surface area contributed by atoms with Crippen LogP contribution in [0.4, 0.5) is 0 Å². The zero-order valence-electron chi connectivity index (χ0n) is 4.96. The van der Waals surface area contributed by atoms with E-state index in [0.29, 0.717) is 6.42 Å². The first-order chi connectivity index (χ1) is 4.18. The fraction of sp³-hybridized carbons (Fsp3) is 0.143. The van der Waals surface area contributed by atoms with E-state index in [2.05, 4.69) is 6.58 Å². The Morgan fingerprint density at radius 2 is 2.00 bits per heavy atom. The minimum absolute atomic E-state index is 0.0729. The van der Waals surface area contributed by atoms with Crippen molar-refractivity contribution in [3.05, 3.63) is 35.8 Å². The summed E-state index contributed by atoms with van der Waals surface area (Å²) in [7, 11) is 0. The molecule has 1 rings (SSSR count). The average Bonchev–Trinajstić information content (AvgIpc) is 1.59. The van der Waals surface area contributed by atoms with E-state index in [1.807, 2.05) is 0 Å². The maximum Gasteiger partial charge on any atom is 0.119 e. The lowest BCUT2D eigenvalue weighted by Crippen LogP contribution is -1.92. The van der Waals surface area contributed by atoms with Gasteiger partial charge in [0.1, 0.15) is 11.5 Å². The number of hydrogen-bond acceptors (Lipinski definition) is 2. The molecule has 1 aliphatic carbocycles. The fourth-order valence-corrected chi connectivity index (χ4v) is 0.756. The van der Waals surface area contributed by atoms with Crippen LogP contribution in [0.5, 0.6) is 0 Å². The molecule has 0 bridgehead atoms. The van der Waals surface area contributed by atoms with Gasteiger partial charge in [-0.05, 0) is 11.6 Å². The molecule has 0 unspecified atom stereocenters. The van der Waals surface area contributed by atoms with Crippen LogP contribution in [0.3, 0.4) is 0 Å². The second kappa shape index (κ2) is 1.97. The van der Waals surface area contributed by atoms with Crippen molar-refractivity contribution < 1.29 is 10.2 Å². The van der Waals surface area contributed by atoms with Crippen LogP contribution in [0.25, 0.3) is 0 Å². The molecule has 0 aromatic heterocycles. The van der Waals surface area contributed by atoms with Gasteiger partial charge in [-0.2, -0.15) is 0 Å². The molecular formula is C7H8O2. The lowest BCUT2D eigenvalue weighted by atomic mass is 10.1. The maximum absolute atomic E-state index is 8.85. The van der Waals surface area contributed by atoms with E-state index >= 15 is 0 Å². The van der Waals surface area contributed by atoms with E-state index in [4.69, 9.17) is 10.2 Å². The molecule has 9 heavy (non-hydrogen) atoms. The quantitative estimate of drug-likeness (QED) is 0.517. The van der Waals surface area contributed by atoms with Gasteiger partial charge in [0.05, 0.1) is 0 Å². The van der Waals surface area contributed by atoms with Crippen LogP contribution in [0, 0.1) is 0 Å². The van der Waals surface area contributed by atoms with Crippen molar-refractivity contribution in [1.82, 2.24) is 0 Å². The largest absolute Gasteiger partial charge is 0.512 e. The Morgan fingerprint density at radius 1 is 1.33 bits per heavy atom. The van der Waals surface area contributed by atoms with E-state index in [0.717, 1.165) is 5.57 Å². The van der Waals surface area contributed by atoms with Gasteiger partial charge in [0.2, 0.25) is 0 Å². The van der Waals surface area contributed by atoms with Crippen LogP contribution in [-0.2, 0) is 0 Å². The zero-order valence-corrected chi connectivity index (χ0v) is 4.96. The Labute approximate surface area is 53.4 Å². The number of hydrogen-bond donors (Lipinski definition) is 2. The molecule has 0 saturated heterocycles. The van der Waals surface area contributed by atoms with E-state index in [9.17, 15) is 0 Å². The maximum atomic E-state index is 8.85. The highest BCUT2D eigenvalue weighted by atomic mass is 16.3. The molecule has 0 aliphatic heterocycles. The first-order valence-electron chi connectivity index (χ1n) is 2.66. The summed E-state index contributed by atoms with van der Waals surface area (Å²) in [5.74, 6) is 0.240. The Balaban J connectivity index is 2.86. The molecule has 0 radical (unpaired) electrons. The van der Waals surface area contributed by atoms with Gasteiger partial charge in [-0.25, -0.2) is 0 Å². The van der Waals surface area contributed by atoms with Gasteiger partial charge in [0, 0.05) is 12.5 Å². The molecule has 2 nitrogen and oxygen atoms in total. The molecule has 0 aromatic rings. The smallest absolute Gasteiger partial charge is 0.119 e. The van der Waals surface area contributed by atoms with Crippen molar-refractivity contribution in [2.45, 2.75) is 6.42 Å². The average molecular weight is 124 g/mol. The second-order valence-corrected chi connectivity index (χ2v) is 2.04. The number of aliphatic hydroxyl groups is 2. The Kier molecular flexibility index (Phi) is 1.30. The molecule has 0 amide bonds. The highest BCUT2D eigenvalue weighted by Crippen LogP contribution is 2.16. The fourth-order valence-electron chi connectivity index (χ4n) is 0.756. The second-order valence-electron chi connectivity index (χ2n) is 2.04. The molecule has 0 fully saturated rings. The van der Waals surface area contributed by atoms with Gasteiger partial charge in [-0.3, -0.25) is 0 Å². The van der Waals surface area contributed by atoms with Crippen LogP contribution in [0.2, 0.25) is 0 Å². The number of allylic oxidation sites excluding steroid dienone is 3. The van der Waals surface area contributed by atoms with Crippen LogP contribution in [0.1, 0.15) is 6.42 Å².